The van der Waals surface area contributed by atoms with E-state index in [1.54, 1.807) is 6.33 Å². The molecule has 0 atom stereocenters. The molecule has 2 aliphatic rings. The highest BCUT2D eigenvalue weighted by molar-refractivity contribution is 6.62. The molecule has 0 spiro atoms. The van der Waals surface area contributed by atoms with Crippen LogP contribution in [-0.4, -0.2) is 34.3 Å². The molecule has 7 heteroatoms. The van der Waals surface area contributed by atoms with Crippen LogP contribution in [0, 0.1) is 0 Å². The quantitative estimate of drug-likeness (QED) is 0.753. The summed E-state index contributed by atoms with van der Waals surface area (Å²) < 4.78 is 18.2. The first kappa shape index (κ1) is 20.2. The Morgan fingerprint density at radius 1 is 1.07 bits per heavy atom. The second kappa shape index (κ2) is 7.96. The highest BCUT2D eigenvalue weighted by Gasteiger charge is 2.51. The van der Waals surface area contributed by atoms with E-state index in [1.165, 1.54) is 25.7 Å². The van der Waals surface area contributed by atoms with Gasteiger partial charge >= 0.3 is 7.12 Å². The van der Waals surface area contributed by atoms with Crippen molar-refractivity contribution in [2.24, 2.45) is 0 Å². The minimum atomic E-state index is -0.362. The molecule has 1 N–H and O–H groups in total. The molecule has 2 aromatic rings. The van der Waals surface area contributed by atoms with E-state index in [0.29, 0.717) is 12.6 Å². The summed E-state index contributed by atoms with van der Waals surface area (Å²) >= 11 is 0. The van der Waals surface area contributed by atoms with Gasteiger partial charge in [0.25, 0.3) is 0 Å². The first-order valence-corrected chi connectivity index (χ1v) is 10.5. The molecule has 0 radical (unpaired) electrons. The van der Waals surface area contributed by atoms with Gasteiger partial charge in [-0.25, -0.2) is 9.97 Å². The van der Waals surface area contributed by atoms with E-state index in [0.717, 1.165) is 22.6 Å². The Hall–Kier alpha value is -2.12. The fourth-order valence-corrected chi connectivity index (χ4v) is 3.72. The van der Waals surface area contributed by atoms with Crippen molar-refractivity contribution in [3.05, 3.63) is 42.4 Å². The van der Waals surface area contributed by atoms with Gasteiger partial charge in [-0.2, -0.15) is 0 Å². The topological polar surface area (TPSA) is 65.5 Å². The third-order valence-electron chi connectivity index (χ3n) is 6.28. The van der Waals surface area contributed by atoms with Gasteiger partial charge in [0.1, 0.15) is 24.5 Å². The molecule has 2 fully saturated rings. The molecule has 1 aromatic carbocycles. The van der Waals surface area contributed by atoms with Crippen LogP contribution < -0.4 is 15.5 Å². The summed E-state index contributed by atoms with van der Waals surface area (Å²) in [5.41, 5.74) is 1.27. The lowest BCUT2D eigenvalue weighted by Gasteiger charge is -2.32. The van der Waals surface area contributed by atoms with Crippen LogP contribution in [0.1, 0.15) is 58.9 Å². The third kappa shape index (κ3) is 4.41. The fraction of sp³-hybridized carbons (Fsp3) is 0.545. The average Bonchev–Trinajstić information content (AvgIpc) is 3.27. The van der Waals surface area contributed by atoms with Crippen LogP contribution in [0.2, 0.25) is 0 Å². The van der Waals surface area contributed by atoms with Gasteiger partial charge in [-0.05, 0) is 58.1 Å². The zero-order chi connectivity index (χ0) is 20.5. The van der Waals surface area contributed by atoms with Crippen molar-refractivity contribution >= 4 is 18.4 Å². The van der Waals surface area contributed by atoms with Gasteiger partial charge in [0, 0.05) is 12.2 Å². The number of benzene rings is 1. The maximum absolute atomic E-state index is 6.11. The van der Waals surface area contributed by atoms with Crippen molar-refractivity contribution in [2.75, 3.05) is 5.32 Å². The van der Waals surface area contributed by atoms with Crippen LogP contribution in [0.15, 0.2) is 36.8 Å². The lowest BCUT2D eigenvalue weighted by atomic mass is 9.79. The molecule has 154 valence electrons. The standard InChI is InChI=1S/C22H30BN3O3/c1-21(2)22(3,4)29-23(28-21)17-9-11-19(12-10-17)27-14-16-13-24-15-25-20(16)26-18-7-5-6-8-18/h9-13,15,18H,5-8,14H2,1-4H3,(H,24,25,26). The van der Waals surface area contributed by atoms with Crippen LogP contribution in [0.5, 0.6) is 5.75 Å². The van der Waals surface area contributed by atoms with Crippen molar-refractivity contribution in [3.8, 4) is 5.75 Å². The first-order valence-electron chi connectivity index (χ1n) is 10.5. The summed E-state index contributed by atoms with van der Waals surface area (Å²) in [7, 11) is -0.362. The Labute approximate surface area is 173 Å². The molecule has 0 bridgehead atoms. The predicted octanol–water partition coefficient (Wildman–Crippen LogP) is 3.71. The summed E-state index contributed by atoms with van der Waals surface area (Å²) in [5, 5.41) is 3.54. The predicted molar refractivity (Wildman–Crippen MR) is 114 cm³/mol. The molecule has 6 nitrogen and oxygen atoms in total. The SMILES string of the molecule is CC1(C)OB(c2ccc(OCc3cncnc3NC3CCCC3)cc2)OC1(C)C. The Kier molecular flexibility index (Phi) is 5.53. The van der Waals surface area contributed by atoms with Gasteiger partial charge in [0.15, 0.2) is 0 Å². The number of nitrogens with zero attached hydrogens (tertiary/aromatic N) is 2. The first-order chi connectivity index (χ1) is 13.8. The second-order valence-electron chi connectivity index (χ2n) is 8.97. The number of ether oxygens (including phenoxy) is 1. The van der Waals surface area contributed by atoms with Gasteiger partial charge in [0.2, 0.25) is 0 Å². The zero-order valence-electron chi connectivity index (χ0n) is 17.8. The molecule has 0 amide bonds. The minimum Gasteiger partial charge on any atom is -0.489 e. The third-order valence-corrected chi connectivity index (χ3v) is 6.28. The fourth-order valence-electron chi connectivity index (χ4n) is 3.72. The van der Waals surface area contributed by atoms with Crippen molar-refractivity contribution in [1.29, 1.82) is 0 Å². The molecular weight excluding hydrogens is 365 g/mol. The monoisotopic (exact) mass is 395 g/mol. The lowest BCUT2D eigenvalue weighted by molar-refractivity contribution is 0.00578. The minimum absolute atomic E-state index is 0.344. The highest BCUT2D eigenvalue weighted by Crippen LogP contribution is 2.36. The lowest BCUT2D eigenvalue weighted by Crippen LogP contribution is -2.41. The molecule has 29 heavy (non-hydrogen) atoms. The van der Waals surface area contributed by atoms with Crippen LogP contribution in [-0.2, 0) is 15.9 Å². The summed E-state index contributed by atoms with van der Waals surface area (Å²) in [6, 6.07) is 8.40. The van der Waals surface area contributed by atoms with E-state index < -0.39 is 0 Å². The number of aromatic nitrogens is 2. The number of anilines is 1. The molecular formula is C22H30BN3O3. The van der Waals surface area contributed by atoms with E-state index in [1.807, 2.05) is 30.5 Å². The van der Waals surface area contributed by atoms with Crippen molar-refractivity contribution in [2.45, 2.75) is 77.2 Å². The van der Waals surface area contributed by atoms with Gasteiger partial charge in [-0.1, -0.05) is 25.0 Å². The summed E-state index contributed by atoms with van der Waals surface area (Å²) in [5.74, 6) is 1.67. The van der Waals surface area contributed by atoms with Crippen LogP contribution >= 0.6 is 0 Å². The summed E-state index contributed by atoms with van der Waals surface area (Å²) in [6.07, 6.45) is 8.37. The van der Waals surface area contributed by atoms with E-state index in [-0.39, 0.29) is 18.3 Å². The normalized spacial score (nSPS) is 20.8. The van der Waals surface area contributed by atoms with E-state index in [4.69, 9.17) is 14.0 Å². The van der Waals surface area contributed by atoms with E-state index in [9.17, 15) is 0 Å². The molecule has 1 aromatic heterocycles. The average molecular weight is 395 g/mol. The molecule has 0 unspecified atom stereocenters. The highest BCUT2D eigenvalue weighted by atomic mass is 16.7. The number of nitrogens with one attached hydrogen (secondary N) is 1. The van der Waals surface area contributed by atoms with Gasteiger partial charge in [-0.15, -0.1) is 0 Å². The van der Waals surface area contributed by atoms with Crippen LogP contribution in [0.25, 0.3) is 0 Å². The van der Waals surface area contributed by atoms with Gasteiger partial charge in [0.05, 0.1) is 16.8 Å². The molecule has 1 aliphatic heterocycles. The maximum atomic E-state index is 6.11. The maximum Gasteiger partial charge on any atom is 0.494 e. The second-order valence-corrected chi connectivity index (χ2v) is 8.97. The number of rotatable bonds is 6. The van der Waals surface area contributed by atoms with Crippen molar-refractivity contribution in [3.63, 3.8) is 0 Å². The molecule has 1 saturated heterocycles. The smallest absolute Gasteiger partial charge is 0.489 e. The molecule has 1 aliphatic carbocycles. The molecule has 4 rings (SSSR count). The number of hydrogen-bond donors (Lipinski definition) is 1. The molecule has 1 saturated carbocycles. The van der Waals surface area contributed by atoms with Crippen LogP contribution in [0.3, 0.4) is 0 Å². The van der Waals surface area contributed by atoms with Crippen LogP contribution in [0.4, 0.5) is 5.82 Å². The largest absolute Gasteiger partial charge is 0.494 e. The summed E-state index contributed by atoms with van der Waals surface area (Å²) in [6.45, 7) is 8.66. The van der Waals surface area contributed by atoms with E-state index >= 15 is 0 Å². The molecule has 2 heterocycles. The van der Waals surface area contributed by atoms with Gasteiger partial charge in [-0.3, -0.25) is 0 Å². The van der Waals surface area contributed by atoms with Crippen molar-refractivity contribution in [1.82, 2.24) is 9.97 Å². The Morgan fingerprint density at radius 3 is 2.38 bits per heavy atom. The van der Waals surface area contributed by atoms with Crippen molar-refractivity contribution < 1.29 is 14.0 Å². The number of hydrogen-bond acceptors (Lipinski definition) is 6. The summed E-state index contributed by atoms with van der Waals surface area (Å²) in [4.78, 5) is 8.57. The Bertz CT molecular complexity index is 819. The Morgan fingerprint density at radius 2 is 1.72 bits per heavy atom. The Balaban J connectivity index is 1.38. The zero-order valence-corrected chi connectivity index (χ0v) is 17.8. The van der Waals surface area contributed by atoms with E-state index in [2.05, 4.69) is 43.0 Å². The van der Waals surface area contributed by atoms with Gasteiger partial charge < -0.3 is 19.4 Å².